The third kappa shape index (κ3) is 4.12. The highest BCUT2D eigenvalue weighted by atomic mass is 32.2. The van der Waals surface area contributed by atoms with E-state index in [-0.39, 0.29) is 18.2 Å². The summed E-state index contributed by atoms with van der Waals surface area (Å²) in [5, 5.41) is 3.63. The normalized spacial score (nSPS) is 21.1. The van der Waals surface area contributed by atoms with Gasteiger partial charge in [-0.1, -0.05) is 30.8 Å². The first-order chi connectivity index (χ1) is 13.5. The van der Waals surface area contributed by atoms with Crippen molar-refractivity contribution in [1.29, 1.82) is 0 Å². The van der Waals surface area contributed by atoms with Crippen LogP contribution in [0.25, 0.3) is 0 Å². The molecule has 1 aromatic heterocycles. The molecule has 0 N–H and O–H groups in total. The number of aryl methyl sites for hydroxylation is 1. The Bertz CT molecular complexity index is 940. The summed E-state index contributed by atoms with van der Waals surface area (Å²) < 4.78 is 0. The number of nitrogens with zero attached hydrogens (tertiary/aromatic N) is 4. The van der Waals surface area contributed by atoms with Crippen molar-refractivity contribution in [2.75, 3.05) is 18.0 Å². The summed E-state index contributed by atoms with van der Waals surface area (Å²) in [5.41, 5.74) is 2.71. The van der Waals surface area contributed by atoms with E-state index in [9.17, 15) is 9.59 Å². The average Bonchev–Trinajstić information content (AvgIpc) is 3.35. The lowest BCUT2D eigenvalue weighted by atomic mass is 10.2. The number of aliphatic imine (C=N–C) groups is 1. The number of thioether (sulfide) groups is 1. The predicted molar refractivity (Wildman–Crippen MR) is 114 cm³/mol. The number of aromatic nitrogens is 1. The molecule has 6 nitrogen and oxygen atoms in total. The Hall–Kier alpha value is -2.19. The van der Waals surface area contributed by atoms with Gasteiger partial charge in [0.2, 0.25) is 11.8 Å². The molecule has 28 heavy (non-hydrogen) atoms. The van der Waals surface area contributed by atoms with Crippen LogP contribution in [0.4, 0.5) is 10.8 Å². The third-order valence-electron chi connectivity index (χ3n) is 4.68. The Morgan fingerprint density at radius 1 is 1.39 bits per heavy atom. The number of rotatable bonds is 4. The number of benzene rings is 1. The molecule has 2 fully saturated rings. The second kappa shape index (κ2) is 8.05. The van der Waals surface area contributed by atoms with Crippen molar-refractivity contribution in [3.63, 3.8) is 0 Å². The molecular weight excluding hydrogens is 392 g/mol. The summed E-state index contributed by atoms with van der Waals surface area (Å²) in [6.45, 7) is 5.49. The van der Waals surface area contributed by atoms with Gasteiger partial charge in [0.1, 0.15) is 0 Å². The molecule has 4 rings (SSSR count). The molecule has 0 bridgehead atoms. The third-order valence-corrected chi connectivity index (χ3v) is 6.67. The lowest BCUT2D eigenvalue weighted by Gasteiger charge is -2.15. The standard InChI is InChI=1S/C20H22N4O2S2/c1-13-5-3-6-15(9-13)21-20-24(11-14(2)28-20)18(26)10-16-12-27-19(22-16)23-8-4-7-17(23)25/h3,5-6,9,12,14H,4,7-8,10-11H2,1-2H3. The SMILES string of the molecule is Cc1cccc(N=C2SC(C)CN2C(=O)Cc2csc(N3CCCC3=O)n2)c1. The Morgan fingerprint density at radius 3 is 3.00 bits per heavy atom. The maximum absolute atomic E-state index is 12.9. The van der Waals surface area contributed by atoms with Gasteiger partial charge >= 0.3 is 0 Å². The number of amides is 2. The van der Waals surface area contributed by atoms with E-state index >= 15 is 0 Å². The fraction of sp³-hybridized carbons (Fsp3) is 0.400. The number of anilines is 1. The van der Waals surface area contributed by atoms with Gasteiger partial charge in [-0.15, -0.1) is 11.3 Å². The van der Waals surface area contributed by atoms with Gasteiger partial charge in [-0.3, -0.25) is 19.4 Å². The van der Waals surface area contributed by atoms with Crippen LogP contribution in [-0.4, -0.2) is 45.2 Å². The van der Waals surface area contributed by atoms with Crippen molar-refractivity contribution in [1.82, 2.24) is 9.88 Å². The number of carbonyl (C=O) groups excluding carboxylic acids is 2. The van der Waals surface area contributed by atoms with Crippen LogP contribution >= 0.6 is 23.1 Å². The number of carbonyl (C=O) groups is 2. The summed E-state index contributed by atoms with van der Waals surface area (Å²) >= 11 is 3.05. The summed E-state index contributed by atoms with van der Waals surface area (Å²) in [6.07, 6.45) is 1.67. The van der Waals surface area contributed by atoms with Gasteiger partial charge in [-0.2, -0.15) is 0 Å². The number of thiazole rings is 1. The van der Waals surface area contributed by atoms with E-state index in [1.54, 1.807) is 21.6 Å². The van der Waals surface area contributed by atoms with Crippen molar-refractivity contribution < 1.29 is 9.59 Å². The summed E-state index contributed by atoms with van der Waals surface area (Å²) in [7, 11) is 0. The fourth-order valence-electron chi connectivity index (χ4n) is 3.32. The summed E-state index contributed by atoms with van der Waals surface area (Å²) in [4.78, 5) is 37.5. The zero-order valence-corrected chi connectivity index (χ0v) is 17.6. The number of hydrogen-bond acceptors (Lipinski definition) is 6. The molecule has 0 aliphatic carbocycles. The molecule has 2 aliphatic heterocycles. The Balaban J connectivity index is 1.49. The van der Waals surface area contributed by atoms with E-state index in [0.717, 1.165) is 22.8 Å². The molecule has 1 atom stereocenters. The quantitative estimate of drug-likeness (QED) is 0.764. The van der Waals surface area contributed by atoms with Crippen LogP contribution in [0, 0.1) is 6.92 Å². The first-order valence-corrected chi connectivity index (χ1v) is 11.1. The zero-order valence-electron chi connectivity index (χ0n) is 15.9. The van der Waals surface area contributed by atoms with Crippen molar-refractivity contribution in [3.8, 4) is 0 Å². The van der Waals surface area contributed by atoms with Crippen molar-refractivity contribution in [2.45, 2.75) is 38.4 Å². The molecule has 2 aliphatic rings. The van der Waals surface area contributed by atoms with Crippen molar-refractivity contribution in [2.24, 2.45) is 4.99 Å². The van der Waals surface area contributed by atoms with Crippen LogP contribution in [0.2, 0.25) is 0 Å². The van der Waals surface area contributed by atoms with Crippen LogP contribution in [0.3, 0.4) is 0 Å². The minimum absolute atomic E-state index is 0.00662. The zero-order chi connectivity index (χ0) is 19.7. The van der Waals surface area contributed by atoms with Crippen LogP contribution in [0.1, 0.15) is 31.0 Å². The van der Waals surface area contributed by atoms with Gasteiger partial charge in [-0.05, 0) is 31.0 Å². The molecule has 1 aromatic carbocycles. The minimum Gasteiger partial charge on any atom is -0.290 e. The number of amidine groups is 1. The second-order valence-electron chi connectivity index (χ2n) is 7.11. The molecule has 0 radical (unpaired) electrons. The molecule has 2 aromatic rings. The molecule has 2 saturated heterocycles. The molecule has 0 saturated carbocycles. The first kappa shape index (κ1) is 19.1. The van der Waals surface area contributed by atoms with Crippen LogP contribution in [0.15, 0.2) is 34.6 Å². The molecule has 0 spiro atoms. The monoisotopic (exact) mass is 414 g/mol. The molecule has 8 heteroatoms. The smallest absolute Gasteiger partial charge is 0.234 e. The maximum atomic E-state index is 12.9. The van der Waals surface area contributed by atoms with E-state index in [1.165, 1.54) is 11.3 Å². The van der Waals surface area contributed by atoms with Crippen LogP contribution in [0.5, 0.6) is 0 Å². The molecule has 3 heterocycles. The summed E-state index contributed by atoms with van der Waals surface area (Å²) in [6, 6.07) is 7.97. The lowest BCUT2D eigenvalue weighted by molar-refractivity contribution is -0.126. The molecule has 2 amide bonds. The van der Waals surface area contributed by atoms with Gasteiger partial charge in [-0.25, -0.2) is 9.98 Å². The Morgan fingerprint density at radius 2 is 2.25 bits per heavy atom. The van der Waals surface area contributed by atoms with Gasteiger partial charge in [0.25, 0.3) is 0 Å². The summed E-state index contributed by atoms with van der Waals surface area (Å²) in [5.74, 6) is 0.109. The van der Waals surface area contributed by atoms with E-state index in [2.05, 4.69) is 11.9 Å². The van der Waals surface area contributed by atoms with E-state index < -0.39 is 0 Å². The maximum Gasteiger partial charge on any atom is 0.234 e. The fourth-order valence-corrected chi connectivity index (χ4v) is 5.23. The van der Waals surface area contributed by atoms with E-state index in [4.69, 9.17) is 4.99 Å². The van der Waals surface area contributed by atoms with Crippen LogP contribution < -0.4 is 4.90 Å². The van der Waals surface area contributed by atoms with Crippen LogP contribution in [-0.2, 0) is 16.0 Å². The average molecular weight is 415 g/mol. The molecular formula is C20H22N4O2S2. The van der Waals surface area contributed by atoms with E-state index in [0.29, 0.717) is 35.6 Å². The molecule has 146 valence electrons. The number of hydrogen-bond donors (Lipinski definition) is 0. The predicted octanol–water partition coefficient (Wildman–Crippen LogP) is 3.77. The largest absolute Gasteiger partial charge is 0.290 e. The van der Waals surface area contributed by atoms with Gasteiger partial charge < -0.3 is 0 Å². The van der Waals surface area contributed by atoms with Crippen molar-refractivity contribution >= 4 is 50.9 Å². The van der Waals surface area contributed by atoms with Crippen molar-refractivity contribution in [3.05, 3.63) is 40.9 Å². The highest BCUT2D eigenvalue weighted by Gasteiger charge is 2.31. The second-order valence-corrected chi connectivity index (χ2v) is 9.36. The van der Waals surface area contributed by atoms with Gasteiger partial charge in [0, 0.05) is 30.1 Å². The lowest BCUT2D eigenvalue weighted by Crippen LogP contribution is -2.33. The van der Waals surface area contributed by atoms with Gasteiger partial charge in [0.15, 0.2) is 10.3 Å². The Labute approximate surface area is 172 Å². The van der Waals surface area contributed by atoms with Gasteiger partial charge in [0.05, 0.1) is 17.8 Å². The highest BCUT2D eigenvalue weighted by Crippen LogP contribution is 2.30. The highest BCUT2D eigenvalue weighted by molar-refractivity contribution is 8.14. The topological polar surface area (TPSA) is 65.9 Å². The van der Waals surface area contributed by atoms with E-state index in [1.807, 2.05) is 36.6 Å². The Kier molecular flexibility index (Phi) is 5.50. The minimum atomic E-state index is -0.00662. The molecule has 1 unspecified atom stereocenters. The first-order valence-electron chi connectivity index (χ1n) is 9.37.